The highest BCUT2D eigenvalue weighted by Crippen LogP contribution is 2.17. The second-order valence-corrected chi connectivity index (χ2v) is 5.07. The van der Waals surface area contributed by atoms with Crippen molar-refractivity contribution >= 4 is 6.03 Å². The highest BCUT2D eigenvalue weighted by atomic mass is 16.5. The van der Waals surface area contributed by atoms with Gasteiger partial charge in [-0.1, -0.05) is 6.92 Å². The number of likely N-dealkylation sites (N-methyl/N-ethyl adjacent to an activating group) is 2. The summed E-state index contributed by atoms with van der Waals surface area (Å²) in [5.41, 5.74) is -0.280. The molecule has 1 aliphatic rings. The third kappa shape index (κ3) is 3.33. The van der Waals surface area contributed by atoms with Crippen LogP contribution < -0.4 is 5.32 Å². The number of carbonyl (C=O) groups is 1. The van der Waals surface area contributed by atoms with Gasteiger partial charge >= 0.3 is 6.03 Å². The minimum Gasteiger partial charge on any atom is -0.377 e. The van der Waals surface area contributed by atoms with Crippen molar-refractivity contribution in [2.75, 3.05) is 40.3 Å². The average Bonchev–Trinajstić information content (AvgIpc) is 2.60. The summed E-state index contributed by atoms with van der Waals surface area (Å²) in [6, 6.07) is 0.257. The zero-order valence-corrected chi connectivity index (χ0v) is 11.6. The topological polar surface area (TPSA) is 44.8 Å². The van der Waals surface area contributed by atoms with Crippen LogP contribution >= 0.6 is 0 Å². The summed E-state index contributed by atoms with van der Waals surface area (Å²) in [6.07, 6.45) is 0. The second kappa shape index (κ2) is 5.69. The Kier molecular flexibility index (Phi) is 4.77. The number of nitrogens with zero attached hydrogens (tertiary/aromatic N) is 2. The smallest absolute Gasteiger partial charge is 0.319 e. The Morgan fingerprint density at radius 2 is 2.12 bits per heavy atom. The van der Waals surface area contributed by atoms with Crippen LogP contribution in [0.2, 0.25) is 0 Å². The van der Waals surface area contributed by atoms with Gasteiger partial charge in [0.1, 0.15) is 0 Å². The predicted molar refractivity (Wildman–Crippen MR) is 68.2 cm³/mol. The number of amides is 2. The number of rotatable bonds is 6. The summed E-state index contributed by atoms with van der Waals surface area (Å²) in [5, 5.41) is 3.40. The van der Waals surface area contributed by atoms with Crippen LogP contribution in [0.3, 0.4) is 0 Å². The van der Waals surface area contributed by atoms with E-state index >= 15 is 0 Å². The number of ether oxygens (including phenoxy) is 1. The van der Waals surface area contributed by atoms with E-state index in [1.54, 1.807) is 12.0 Å². The Labute approximate surface area is 104 Å². The highest BCUT2D eigenvalue weighted by Gasteiger charge is 2.34. The van der Waals surface area contributed by atoms with Gasteiger partial charge in [-0.2, -0.15) is 0 Å². The van der Waals surface area contributed by atoms with Crippen LogP contribution in [0.4, 0.5) is 4.79 Å². The monoisotopic (exact) mass is 243 g/mol. The maximum atomic E-state index is 11.8. The van der Waals surface area contributed by atoms with E-state index in [1.165, 1.54) is 0 Å². The number of methoxy groups -OCH3 is 1. The molecule has 1 atom stereocenters. The van der Waals surface area contributed by atoms with E-state index in [1.807, 2.05) is 25.8 Å². The normalized spacial score (nSPS) is 19.0. The van der Waals surface area contributed by atoms with Crippen LogP contribution in [0.25, 0.3) is 0 Å². The van der Waals surface area contributed by atoms with E-state index in [0.29, 0.717) is 6.54 Å². The van der Waals surface area contributed by atoms with Gasteiger partial charge in [0.2, 0.25) is 0 Å². The lowest BCUT2D eigenvalue weighted by Gasteiger charge is -2.36. The van der Waals surface area contributed by atoms with E-state index in [4.69, 9.17) is 4.74 Å². The lowest BCUT2D eigenvalue weighted by molar-refractivity contribution is -0.0153. The maximum absolute atomic E-state index is 11.8. The van der Waals surface area contributed by atoms with Crippen molar-refractivity contribution in [3.05, 3.63) is 0 Å². The minimum atomic E-state index is -0.280. The highest BCUT2D eigenvalue weighted by molar-refractivity contribution is 5.76. The molecule has 1 N–H and O–H groups in total. The minimum absolute atomic E-state index is 0.111. The fourth-order valence-corrected chi connectivity index (χ4v) is 2.01. The molecule has 17 heavy (non-hydrogen) atoms. The van der Waals surface area contributed by atoms with Crippen molar-refractivity contribution < 1.29 is 9.53 Å². The summed E-state index contributed by atoms with van der Waals surface area (Å²) in [4.78, 5) is 15.5. The third-order valence-electron chi connectivity index (χ3n) is 3.52. The predicted octanol–water partition coefficient (Wildman–Crippen LogP) is 0.757. The SMILES string of the molecule is CCNC(CN1CCN(C)C1=O)C(C)(C)OC. The van der Waals surface area contributed by atoms with Crippen molar-refractivity contribution in [3.8, 4) is 0 Å². The molecule has 2 amide bonds. The van der Waals surface area contributed by atoms with Gasteiger partial charge < -0.3 is 19.9 Å². The van der Waals surface area contributed by atoms with E-state index in [9.17, 15) is 4.79 Å². The number of hydrogen-bond donors (Lipinski definition) is 1. The third-order valence-corrected chi connectivity index (χ3v) is 3.52. The van der Waals surface area contributed by atoms with Crippen LogP contribution in [0.5, 0.6) is 0 Å². The molecule has 100 valence electrons. The molecule has 0 aromatic rings. The lowest BCUT2D eigenvalue weighted by atomic mass is 9.98. The Balaban J connectivity index is 2.64. The molecule has 1 rings (SSSR count). The first-order valence-electron chi connectivity index (χ1n) is 6.21. The molecule has 0 aromatic heterocycles. The Morgan fingerprint density at radius 3 is 2.53 bits per heavy atom. The van der Waals surface area contributed by atoms with Gasteiger partial charge in [0, 0.05) is 33.8 Å². The summed E-state index contributed by atoms with van der Waals surface area (Å²) in [5.74, 6) is 0. The zero-order valence-electron chi connectivity index (χ0n) is 11.6. The molecule has 1 fully saturated rings. The van der Waals surface area contributed by atoms with Crippen molar-refractivity contribution in [2.45, 2.75) is 32.4 Å². The van der Waals surface area contributed by atoms with Gasteiger partial charge in [0.15, 0.2) is 0 Å². The van der Waals surface area contributed by atoms with Crippen LogP contribution in [0, 0.1) is 0 Å². The van der Waals surface area contributed by atoms with Gasteiger partial charge in [0.25, 0.3) is 0 Å². The first-order chi connectivity index (χ1) is 7.92. The molecule has 1 unspecified atom stereocenters. The zero-order chi connectivity index (χ0) is 13.1. The molecule has 0 aliphatic carbocycles. The van der Waals surface area contributed by atoms with E-state index < -0.39 is 0 Å². The van der Waals surface area contributed by atoms with E-state index in [-0.39, 0.29) is 17.7 Å². The molecule has 0 aromatic carbocycles. The van der Waals surface area contributed by atoms with Crippen molar-refractivity contribution in [3.63, 3.8) is 0 Å². The maximum Gasteiger partial charge on any atom is 0.319 e. The fourth-order valence-electron chi connectivity index (χ4n) is 2.01. The number of carbonyl (C=O) groups excluding carboxylic acids is 1. The molecular weight excluding hydrogens is 218 g/mol. The van der Waals surface area contributed by atoms with Gasteiger partial charge in [-0.3, -0.25) is 0 Å². The van der Waals surface area contributed by atoms with Crippen LogP contribution in [-0.4, -0.2) is 67.8 Å². The summed E-state index contributed by atoms with van der Waals surface area (Å²) < 4.78 is 5.51. The second-order valence-electron chi connectivity index (χ2n) is 5.07. The molecule has 1 saturated heterocycles. The standard InChI is InChI=1S/C12H25N3O2/c1-6-13-10(12(2,3)17-5)9-15-8-7-14(4)11(15)16/h10,13H,6-9H2,1-5H3. The van der Waals surface area contributed by atoms with Gasteiger partial charge in [-0.05, 0) is 20.4 Å². The molecule has 5 heteroatoms. The summed E-state index contributed by atoms with van der Waals surface area (Å²) in [6.45, 7) is 9.33. The van der Waals surface area contributed by atoms with Crippen LogP contribution in [-0.2, 0) is 4.74 Å². The van der Waals surface area contributed by atoms with Gasteiger partial charge in [-0.15, -0.1) is 0 Å². The van der Waals surface area contributed by atoms with E-state index in [0.717, 1.165) is 19.6 Å². The Morgan fingerprint density at radius 1 is 1.47 bits per heavy atom. The summed E-state index contributed by atoms with van der Waals surface area (Å²) >= 11 is 0. The Bertz CT molecular complexity index is 268. The van der Waals surface area contributed by atoms with E-state index in [2.05, 4.69) is 12.2 Å². The molecule has 5 nitrogen and oxygen atoms in total. The van der Waals surface area contributed by atoms with Gasteiger partial charge in [0.05, 0.1) is 11.6 Å². The van der Waals surface area contributed by atoms with Crippen molar-refractivity contribution in [2.24, 2.45) is 0 Å². The molecule has 1 heterocycles. The molecular formula is C12H25N3O2. The first kappa shape index (κ1) is 14.3. The van der Waals surface area contributed by atoms with Crippen LogP contribution in [0.1, 0.15) is 20.8 Å². The molecule has 1 aliphatic heterocycles. The molecule has 0 saturated carbocycles. The Hall–Kier alpha value is -0.810. The quantitative estimate of drug-likeness (QED) is 0.749. The first-order valence-corrected chi connectivity index (χ1v) is 6.21. The van der Waals surface area contributed by atoms with Gasteiger partial charge in [-0.25, -0.2) is 4.79 Å². The van der Waals surface area contributed by atoms with Crippen molar-refractivity contribution in [1.82, 2.24) is 15.1 Å². The van der Waals surface area contributed by atoms with Crippen LogP contribution in [0.15, 0.2) is 0 Å². The number of hydrogen-bond acceptors (Lipinski definition) is 3. The molecule has 0 spiro atoms. The lowest BCUT2D eigenvalue weighted by Crippen LogP contribution is -2.54. The fraction of sp³-hybridized carbons (Fsp3) is 0.917. The summed E-state index contributed by atoms with van der Waals surface area (Å²) in [7, 11) is 3.55. The van der Waals surface area contributed by atoms with Crippen molar-refractivity contribution in [1.29, 1.82) is 0 Å². The largest absolute Gasteiger partial charge is 0.377 e. The number of urea groups is 1. The molecule has 0 radical (unpaired) electrons. The number of nitrogens with one attached hydrogen (secondary N) is 1. The molecule has 0 bridgehead atoms. The average molecular weight is 243 g/mol.